The van der Waals surface area contributed by atoms with Crippen molar-refractivity contribution in [1.82, 2.24) is 4.90 Å². The highest BCUT2D eigenvalue weighted by Gasteiger charge is 2.53. The standard InChI is InChI=1S/C22H36FNO5Si/c1-20(2,3)28-19(25)24-14-16(29-30(8,9)21(4,5)6)13-22(24,26)17-12-15(23)10-11-18(17)27-7/h10-12,16,26H,13-14H2,1-9H3/t16-,22?/m1/s1. The van der Waals surface area contributed by atoms with E-state index in [1.807, 2.05) is 0 Å². The number of rotatable bonds is 4. The quantitative estimate of drug-likeness (QED) is 0.665. The van der Waals surface area contributed by atoms with Crippen LogP contribution in [0.4, 0.5) is 9.18 Å². The molecule has 1 fully saturated rings. The molecule has 0 saturated carbocycles. The molecule has 8 heteroatoms. The van der Waals surface area contributed by atoms with E-state index in [0.717, 1.165) is 0 Å². The van der Waals surface area contributed by atoms with Crippen molar-refractivity contribution in [2.24, 2.45) is 0 Å². The Hall–Kier alpha value is -1.64. The predicted octanol–water partition coefficient (Wildman–Crippen LogP) is 5.01. The molecule has 1 aromatic rings. The van der Waals surface area contributed by atoms with Gasteiger partial charge in [0.05, 0.1) is 19.8 Å². The number of hydrogen-bond acceptors (Lipinski definition) is 5. The second-order valence-electron chi connectivity index (χ2n) is 10.5. The molecule has 30 heavy (non-hydrogen) atoms. The first-order valence-electron chi connectivity index (χ1n) is 10.2. The summed E-state index contributed by atoms with van der Waals surface area (Å²) in [5.41, 5.74) is -2.39. The molecule has 1 aliphatic rings. The fraction of sp³-hybridized carbons (Fsp3) is 0.682. The number of hydrogen-bond donors (Lipinski definition) is 1. The van der Waals surface area contributed by atoms with Gasteiger partial charge in [-0.05, 0) is 57.1 Å². The average molecular weight is 442 g/mol. The third kappa shape index (κ3) is 5.15. The van der Waals surface area contributed by atoms with Crippen molar-refractivity contribution in [3.05, 3.63) is 29.6 Å². The number of nitrogens with zero attached hydrogens (tertiary/aromatic N) is 1. The highest BCUT2D eigenvalue weighted by molar-refractivity contribution is 6.74. The fourth-order valence-corrected chi connectivity index (χ4v) is 4.66. The average Bonchev–Trinajstić information content (AvgIpc) is 2.89. The van der Waals surface area contributed by atoms with E-state index in [1.54, 1.807) is 20.8 Å². The second-order valence-corrected chi connectivity index (χ2v) is 15.2. The number of carbonyl (C=O) groups is 1. The molecule has 0 aliphatic carbocycles. The molecule has 0 aromatic heterocycles. The van der Waals surface area contributed by atoms with Crippen LogP contribution in [0.5, 0.6) is 5.75 Å². The van der Waals surface area contributed by atoms with Gasteiger partial charge in [0.2, 0.25) is 0 Å². The predicted molar refractivity (Wildman–Crippen MR) is 116 cm³/mol. The lowest BCUT2D eigenvalue weighted by Gasteiger charge is -2.38. The lowest BCUT2D eigenvalue weighted by Crippen LogP contribution is -2.47. The molecule has 1 aromatic carbocycles. The van der Waals surface area contributed by atoms with Gasteiger partial charge in [-0.25, -0.2) is 9.18 Å². The Balaban J connectivity index is 2.49. The molecule has 0 spiro atoms. The summed E-state index contributed by atoms with van der Waals surface area (Å²) in [5, 5.41) is 11.7. The molecule has 170 valence electrons. The highest BCUT2D eigenvalue weighted by atomic mass is 28.4. The van der Waals surface area contributed by atoms with Crippen LogP contribution in [0.1, 0.15) is 53.5 Å². The van der Waals surface area contributed by atoms with Crippen LogP contribution in [-0.2, 0) is 14.9 Å². The zero-order valence-corrected chi connectivity index (χ0v) is 20.6. The van der Waals surface area contributed by atoms with Crippen molar-refractivity contribution in [3.8, 4) is 5.75 Å². The van der Waals surface area contributed by atoms with Gasteiger partial charge < -0.3 is 19.0 Å². The summed E-state index contributed by atoms with van der Waals surface area (Å²) in [6.07, 6.45) is -1.01. The van der Waals surface area contributed by atoms with Crippen molar-refractivity contribution >= 4 is 14.4 Å². The molecule has 2 atom stereocenters. The number of aliphatic hydroxyl groups is 1. The Morgan fingerprint density at radius 1 is 1.23 bits per heavy atom. The van der Waals surface area contributed by atoms with Gasteiger partial charge in [0, 0.05) is 12.0 Å². The van der Waals surface area contributed by atoms with E-state index in [1.165, 1.54) is 30.2 Å². The van der Waals surface area contributed by atoms with Gasteiger partial charge in [0.1, 0.15) is 17.2 Å². The molecule has 1 amide bonds. The maximum absolute atomic E-state index is 14.1. The highest BCUT2D eigenvalue weighted by Crippen LogP contribution is 2.45. The number of methoxy groups -OCH3 is 1. The van der Waals surface area contributed by atoms with Crippen LogP contribution >= 0.6 is 0 Å². The Morgan fingerprint density at radius 2 is 1.83 bits per heavy atom. The smallest absolute Gasteiger partial charge is 0.412 e. The van der Waals surface area contributed by atoms with Gasteiger partial charge in [-0.1, -0.05) is 20.8 Å². The largest absolute Gasteiger partial charge is 0.496 e. The van der Waals surface area contributed by atoms with Crippen LogP contribution in [-0.4, -0.2) is 49.8 Å². The van der Waals surface area contributed by atoms with Gasteiger partial charge in [-0.3, -0.25) is 4.90 Å². The van der Waals surface area contributed by atoms with E-state index in [9.17, 15) is 14.3 Å². The summed E-state index contributed by atoms with van der Waals surface area (Å²) >= 11 is 0. The number of ether oxygens (including phenoxy) is 2. The van der Waals surface area contributed by atoms with Gasteiger partial charge >= 0.3 is 6.09 Å². The third-order valence-corrected chi connectivity index (χ3v) is 10.4. The van der Waals surface area contributed by atoms with Crippen molar-refractivity contribution in [3.63, 3.8) is 0 Å². The van der Waals surface area contributed by atoms with Gasteiger partial charge in [-0.2, -0.15) is 0 Å². The van der Waals surface area contributed by atoms with Crippen molar-refractivity contribution in [2.45, 2.75) is 83.5 Å². The number of likely N-dealkylation sites (tertiary alicyclic amines) is 1. The summed E-state index contributed by atoms with van der Waals surface area (Å²) in [7, 11) is -0.732. The fourth-order valence-electron chi connectivity index (χ4n) is 3.31. The van der Waals surface area contributed by atoms with Crippen LogP contribution in [0, 0.1) is 5.82 Å². The van der Waals surface area contributed by atoms with Crippen LogP contribution in [0.15, 0.2) is 18.2 Å². The van der Waals surface area contributed by atoms with Crippen molar-refractivity contribution < 1.29 is 28.2 Å². The molecule has 1 aliphatic heterocycles. The number of amides is 1. The van der Waals surface area contributed by atoms with E-state index in [-0.39, 0.29) is 23.6 Å². The Morgan fingerprint density at radius 3 is 2.33 bits per heavy atom. The summed E-state index contributed by atoms with van der Waals surface area (Å²) < 4.78 is 31.5. The van der Waals surface area contributed by atoms with E-state index in [0.29, 0.717) is 5.75 Å². The van der Waals surface area contributed by atoms with Crippen molar-refractivity contribution in [1.29, 1.82) is 0 Å². The molecule has 1 unspecified atom stereocenters. The number of halogens is 1. The lowest BCUT2D eigenvalue weighted by molar-refractivity contribution is -0.0911. The van der Waals surface area contributed by atoms with Gasteiger partial charge in [-0.15, -0.1) is 0 Å². The van der Waals surface area contributed by atoms with Crippen LogP contribution in [0.3, 0.4) is 0 Å². The second kappa shape index (κ2) is 8.13. The Labute approximate surface area is 180 Å². The first-order chi connectivity index (χ1) is 13.5. The topological polar surface area (TPSA) is 68.2 Å². The zero-order valence-electron chi connectivity index (χ0n) is 19.6. The molecule has 2 rings (SSSR count). The van der Waals surface area contributed by atoms with E-state index in [4.69, 9.17) is 13.9 Å². The molecular weight excluding hydrogens is 405 g/mol. The minimum Gasteiger partial charge on any atom is -0.496 e. The van der Waals surface area contributed by atoms with Crippen LogP contribution in [0.25, 0.3) is 0 Å². The van der Waals surface area contributed by atoms with Crippen LogP contribution < -0.4 is 4.74 Å². The van der Waals surface area contributed by atoms with Crippen molar-refractivity contribution in [2.75, 3.05) is 13.7 Å². The molecule has 1 N–H and O–H groups in total. The molecule has 6 nitrogen and oxygen atoms in total. The summed E-state index contributed by atoms with van der Waals surface area (Å²) in [6.45, 7) is 16.0. The zero-order chi connectivity index (χ0) is 23.1. The maximum Gasteiger partial charge on any atom is 0.412 e. The normalized spacial score (nSPS) is 22.9. The monoisotopic (exact) mass is 441 g/mol. The van der Waals surface area contributed by atoms with E-state index >= 15 is 0 Å². The van der Waals surface area contributed by atoms with E-state index in [2.05, 4.69) is 33.9 Å². The summed E-state index contributed by atoms with van der Waals surface area (Å²) in [6, 6.07) is 3.89. The Bertz CT molecular complexity index is 787. The lowest BCUT2D eigenvalue weighted by atomic mass is 9.98. The molecule has 0 radical (unpaired) electrons. The van der Waals surface area contributed by atoms with Crippen LogP contribution in [0.2, 0.25) is 18.1 Å². The molecule has 0 bridgehead atoms. The maximum atomic E-state index is 14.1. The molecule has 1 saturated heterocycles. The van der Waals surface area contributed by atoms with Gasteiger partial charge in [0.25, 0.3) is 0 Å². The third-order valence-electron chi connectivity index (χ3n) is 5.82. The van der Waals surface area contributed by atoms with Gasteiger partial charge in [0.15, 0.2) is 14.0 Å². The summed E-state index contributed by atoms with van der Waals surface area (Å²) in [5.74, 6) is -0.238. The SMILES string of the molecule is COc1ccc(F)cc1C1(O)C[C@@H](O[Si](C)(C)C(C)(C)C)CN1C(=O)OC(C)(C)C. The first-order valence-corrected chi connectivity index (χ1v) is 13.2. The minimum absolute atomic E-state index is 0.0407. The summed E-state index contributed by atoms with van der Waals surface area (Å²) in [4.78, 5) is 14.2. The number of benzene rings is 1. The molecule has 1 heterocycles. The molecular formula is C22H36FNO5Si. The van der Waals surface area contributed by atoms with E-state index < -0.39 is 37.7 Å². The first kappa shape index (κ1) is 24.6. The number of carbonyl (C=O) groups excluding carboxylic acids is 1. The Kier molecular flexibility index (Phi) is 6.67. The minimum atomic E-state index is -2.17.